The van der Waals surface area contributed by atoms with Gasteiger partial charge in [-0.2, -0.15) is 9.78 Å². The van der Waals surface area contributed by atoms with Crippen molar-refractivity contribution in [2.75, 3.05) is 33.0 Å². The van der Waals surface area contributed by atoms with Crippen LogP contribution in [-0.4, -0.2) is 67.1 Å². The van der Waals surface area contributed by atoms with E-state index < -0.39 is 17.3 Å². The van der Waals surface area contributed by atoms with E-state index >= 15 is 0 Å². The van der Waals surface area contributed by atoms with Crippen LogP contribution in [0, 0.1) is 11.6 Å². The third-order valence-corrected chi connectivity index (χ3v) is 5.10. The number of hydrogen-bond acceptors (Lipinski definition) is 8. The van der Waals surface area contributed by atoms with Crippen molar-refractivity contribution in [1.29, 1.82) is 0 Å². The van der Waals surface area contributed by atoms with Crippen LogP contribution in [0.1, 0.15) is 19.9 Å². The van der Waals surface area contributed by atoms with E-state index in [0.717, 1.165) is 22.4 Å². The molecule has 0 amide bonds. The Morgan fingerprint density at radius 3 is 2.47 bits per heavy atom. The number of ether oxygens (including phenoxy) is 1. The molecule has 0 atom stereocenters. The second-order valence-corrected chi connectivity index (χ2v) is 8.26. The monoisotopic (exact) mass is 469 g/mol. The Bertz CT molecular complexity index is 1280. The molecule has 0 aliphatic rings. The van der Waals surface area contributed by atoms with Gasteiger partial charge in [0.25, 0.3) is 0 Å². The van der Waals surface area contributed by atoms with Gasteiger partial charge in [-0.3, -0.25) is 4.68 Å². The van der Waals surface area contributed by atoms with Crippen molar-refractivity contribution in [1.82, 2.24) is 39.9 Å². The highest BCUT2D eigenvalue weighted by Crippen LogP contribution is 2.31. The summed E-state index contributed by atoms with van der Waals surface area (Å²) in [5.41, 5.74) is 7.47. The van der Waals surface area contributed by atoms with E-state index in [1.165, 1.54) is 0 Å². The highest BCUT2D eigenvalue weighted by Gasteiger charge is 2.22. The van der Waals surface area contributed by atoms with Gasteiger partial charge in [0.2, 0.25) is 0 Å². The lowest BCUT2D eigenvalue weighted by Crippen LogP contribution is -2.19. The van der Waals surface area contributed by atoms with Crippen molar-refractivity contribution in [3.8, 4) is 34.0 Å². The average Bonchev–Trinajstić information content (AvgIpc) is 3.44. The van der Waals surface area contributed by atoms with E-state index in [1.807, 2.05) is 43.7 Å². The summed E-state index contributed by atoms with van der Waals surface area (Å²) in [4.78, 5) is 6.13. The summed E-state index contributed by atoms with van der Waals surface area (Å²) in [5.74, 6) is -1.54. The zero-order valence-corrected chi connectivity index (χ0v) is 19.3. The van der Waals surface area contributed by atoms with E-state index in [2.05, 4.69) is 25.6 Å². The summed E-state index contributed by atoms with van der Waals surface area (Å²) < 4.78 is 38.2. The lowest BCUT2D eigenvalue weighted by molar-refractivity contribution is 0.259. The highest BCUT2D eigenvalue weighted by molar-refractivity contribution is 5.76. The van der Waals surface area contributed by atoms with Crippen LogP contribution in [0.2, 0.25) is 0 Å². The van der Waals surface area contributed by atoms with Gasteiger partial charge in [-0.1, -0.05) is 0 Å². The van der Waals surface area contributed by atoms with Gasteiger partial charge >= 0.3 is 0 Å². The Hall–Kier alpha value is -3.93. The standard InChI is InChI=1S/C22H25F2N9O/c1-13(2)32-12-15(11-27-32)14-7-17(21(25)26-10-14)22-28-29-30-33(22)20-18(23)8-16(9-19(20)24)34-6-5-31(3)4/h7-13H,5-6H2,1-4H3,(H2,25,26). The second-order valence-electron chi connectivity index (χ2n) is 8.26. The Morgan fingerprint density at radius 2 is 1.82 bits per heavy atom. The average molecular weight is 470 g/mol. The van der Waals surface area contributed by atoms with Gasteiger partial charge in [-0.05, 0) is 44.4 Å². The molecule has 0 aliphatic carbocycles. The first-order valence-corrected chi connectivity index (χ1v) is 10.6. The molecule has 0 unspecified atom stereocenters. The van der Waals surface area contributed by atoms with Crippen molar-refractivity contribution in [3.63, 3.8) is 0 Å². The number of likely N-dealkylation sites (N-methyl/N-ethyl adjacent to an activating group) is 1. The molecule has 4 aromatic rings. The van der Waals surface area contributed by atoms with Crippen molar-refractivity contribution in [2.45, 2.75) is 19.9 Å². The zero-order valence-electron chi connectivity index (χ0n) is 19.3. The van der Waals surface area contributed by atoms with E-state index in [0.29, 0.717) is 17.7 Å². The maximum atomic E-state index is 15.0. The van der Waals surface area contributed by atoms with Gasteiger partial charge < -0.3 is 15.4 Å². The van der Waals surface area contributed by atoms with Gasteiger partial charge in [-0.25, -0.2) is 13.8 Å². The molecular weight excluding hydrogens is 444 g/mol. The molecule has 0 saturated carbocycles. The Kier molecular flexibility index (Phi) is 6.50. The fourth-order valence-electron chi connectivity index (χ4n) is 3.26. The first-order valence-electron chi connectivity index (χ1n) is 10.6. The molecule has 0 spiro atoms. The van der Waals surface area contributed by atoms with E-state index in [1.54, 1.807) is 18.5 Å². The lowest BCUT2D eigenvalue weighted by atomic mass is 10.1. The van der Waals surface area contributed by atoms with Crippen LogP contribution >= 0.6 is 0 Å². The first kappa shape index (κ1) is 23.2. The van der Waals surface area contributed by atoms with Crippen molar-refractivity contribution in [2.24, 2.45) is 0 Å². The predicted molar refractivity (Wildman–Crippen MR) is 122 cm³/mol. The maximum absolute atomic E-state index is 15.0. The number of rotatable bonds is 8. The Labute approximate surface area is 195 Å². The molecule has 2 N–H and O–H groups in total. The number of benzene rings is 1. The van der Waals surface area contributed by atoms with Crippen LogP contribution in [0.4, 0.5) is 14.6 Å². The SMILES string of the molecule is CC(C)n1cc(-c2cnc(N)c(-c3nnnn3-c3c(F)cc(OCCN(C)C)cc3F)c2)cn1. The van der Waals surface area contributed by atoms with Crippen LogP contribution in [0.25, 0.3) is 28.2 Å². The van der Waals surface area contributed by atoms with Gasteiger partial charge in [0.15, 0.2) is 17.5 Å². The molecule has 12 heteroatoms. The molecule has 178 valence electrons. The predicted octanol–water partition coefficient (Wildman–Crippen LogP) is 2.97. The number of nitrogens with two attached hydrogens (primary N) is 1. The van der Waals surface area contributed by atoms with Crippen molar-refractivity contribution < 1.29 is 13.5 Å². The number of hydrogen-bond donors (Lipinski definition) is 1. The smallest absolute Gasteiger partial charge is 0.191 e. The van der Waals surface area contributed by atoms with Gasteiger partial charge in [-0.15, -0.1) is 5.10 Å². The highest BCUT2D eigenvalue weighted by atomic mass is 19.1. The summed E-state index contributed by atoms with van der Waals surface area (Å²) in [5, 5.41) is 15.7. The summed E-state index contributed by atoms with van der Waals surface area (Å²) in [6.45, 7) is 4.91. The molecule has 3 heterocycles. The van der Waals surface area contributed by atoms with Crippen LogP contribution in [0.5, 0.6) is 5.75 Å². The molecule has 0 fully saturated rings. The molecule has 3 aromatic heterocycles. The summed E-state index contributed by atoms with van der Waals surface area (Å²) in [7, 11) is 3.75. The third-order valence-electron chi connectivity index (χ3n) is 5.10. The zero-order chi connectivity index (χ0) is 24.4. The number of anilines is 1. The van der Waals surface area contributed by atoms with E-state index in [-0.39, 0.29) is 30.0 Å². The number of pyridine rings is 1. The van der Waals surface area contributed by atoms with Crippen LogP contribution < -0.4 is 10.5 Å². The van der Waals surface area contributed by atoms with Crippen LogP contribution in [0.15, 0.2) is 36.8 Å². The molecule has 10 nitrogen and oxygen atoms in total. The number of aromatic nitrogens is 7. The number of tetrazole rings is 1. The minimum Gasteiger partial charge on any atom is -0.492 e. The van der Waals surface area contributed by atoms with E-state index in [4.69, 9.17) is 10.5 Å². The normalized spacial score (nSPS) is 11.5. The second kappa shape index (κ2) is 9.51. The molecule has 0 radical (unpaired) electrons. The van der Waals surface area contributed by atoms with Gasteiger partial charge in [0, 0.05) is 48.2 Å². The number of halogens is 2. The Morgan fingerprint density at radius 1 is 1.09 bits per heavy atom. The van der Waals surface area contributed by atoms with Gasteiger partial charge in [0.05, 0.1) is 11.8 Å². The van der Waals surface area contributed by atoms with Crippen LogP contribution in [-0.2, 0) is 0 Å². The third kappa shape index (κ3) is 4.71. The van der Waals surface area contributed by atoms with Crippen LogP contribution in [0.3, 0.4) is 0 Å². The maximum Gasteiger partial charge on any atom is 0.191 e. The quantitative estimate of drug-likeness (QED) is 0.419. The minimum atomic E-state index is -0.880. The lowest BCUT2D eigenvalue weighted by Gasteiger charge is -2.13. The van der Waals surface area contributed by atoms with Crippen molar-refractivity contribution in [3.05, 3.63) is 48.4 Å². The Balaban J connectivity index is 1.71. The summed E-state index contributed by atoms with van der Waals surface area (Å²) >= 11 is 0. The molecule has 34 heavy (non-hydrogen) atoms. The molecule has 4 rings (SSSR count). The fraction of sp³-hybridized carbons (Fsp3) is 0.318. The number of nitrogen functional groups attached to an aromatic ring is 1. The molecule has 1 aromatic carbocycles. The molecule has 0 aliphatic heterocycles. The molecule has 0 bridgehead atoms. The minimum absolute atomic E-state index is 0.0437. The van der Waals surface area contributed by atoms with Crippen molar-refractivity contribution >= 4 is 5.82 Å². The first-order chi connectivity index (χ1) is 16.2. The summed E-state index contributed by atoms with van der Waals surface area (Å²) in [6, 6.07) is 4.08. The topological polar surface area (TPSA) is 113 Å². The molecule has 0 saturated heterocycles. The largest absolute Gasteiger partial charge is 0.492 e. The molecular formula is C22H25F2N9O. The fourth-order valence-corrected chi connectivity index (χ4v) is 3.26. The number of nitrogens with zero attached hydrogens (tertiary/aromatic N) is 8. The summed E-state index contributed by atoms with van der Waals surface area (Å²) in [6.07, 6.45) is 5.17. The van der Waals surface area contributed by atoms with Gasteiger partial charge in [0.1, 0.15) is 23.9 Å². The van der Waals surface area contributed by atoms with E-state index in [9.17, 15) is 8.78 Å².